The van der Waals surface area contributed by atoms with Crippen LogP contribution in [0.25, 0.3) is 44.5 Å². The quantitative estimate of drug-likeness (QED) is 0.116. The summed E-state index contributed by atoms with van der Waals surface area (Å²) in [5.41, 5.74) is 7.08. The second-order valence-corrected chi connectivity index (χ2v) is 13.1. The van der Waals surface area contributed by atoms with Gasteiger partial charge in [0.25, 0.3) is 0 Å². The van der Waals surface area contributed by atoms with Crippen molar-refractivity contribution in [2.45, 2.75) is 50.9 Å². The van der Waals surface area contributed by atoms with Gasteiger partial charge in [-0.3, -0.25) is 14.7 Å². The van der Waals surface area contributed by atoms with Gasteiger partial charge >= 0.3 is 0 Å². The number of ether oxygens (including phenoxy) is 1. The molecular weight excluding hydrogens is 663 g/mol. The number of H-pyrrole nitrogens is 1. The molecule has 2 aliphatic rings. The van der Waals surface area contributed by atoms with Crippen LogP contribution < -0.4 is 26.0 Å². The highest BCUT2D eigenvalue weighted by atomic mass is 35.5. The molecule has 0 aliphatic carbocycles. The number of nitrogens with zero attached hydrogens (tertiary/aromatic N) is 3. The number of carbonyl (C=O) groups is 2. The molecule has 2 aliphatic heterocycles. The van der Waals surface area contributed by atoms with Crippen LogP contribution in [-0.2, 0) is 22.7 Å². The lowest BCUT2D eigenvalue weighted by Crippen LogP contribution is -2.35. The molecule has 2 saturated heterocycles. The first-order valence-electron chi connectivity index (χ1n) is 16.3. The number of aromatic nitrogens is 4. The molecule has 0 spiro atoms. The van der Waals surface area contributed by atoms with Crippen LogP contribution in [0.5, 0.6) is 5.88 Å². The molecule has 13 heteroatoms. The minimum Gasteiger partial charge on any atom is -0.481 e. The van der Waals surface area contributed by atoms with Crippen molar-refractivity contribution in [3.63, 3.8) is 0 Å². The van der Waals surface area contributed by atoms with E-state index in [2.05, 4.69) is 36.4 Å². The Morgan fingerprint density at radius 3 is 2.12 bits per heavy atom. The molecule has 2 atom stereocenters. The van der Waals surface area contributed by atoms with Crippen molar-refractivity contribution >= 4 is 46.0 Å². The van der Waals surface area contributed by atoms with Gasteiger partial charge < -0.3 is 26.0 Å². The number of halogens is 2. The van der Waals surface area contributed by atoms with E-state index in [1.54, 1.807) is 13.3 Å². The van der Waals surface area contributed by atoms with Gasteiger partial charge in [-0.2, -0.15) is 5.10 Å². The molecule has 0 saturated carbocycles. The topological polar surface area (TPSA) is 146 Å². The molecule has 11 nitrogen and oxygen atoms in total. The Morgan fingerprint density at radius 2 is 1.47 bits per heavy atom. The average molecular weight is 700 g/mol. The third-order valence-corrected chi connectivity index (χ3v) is 9.88. The first kappa shape index (κ1) is 33.0. The first-order chi connectivity index (χ1) is 23.9. The monoisotopic (exact) mass is 698 g/mol. The highest BCUT2D eigenvalue weighted by Crippen LogP contribution is 2.42. The van der Waals surface area contributed by atoms with Crippen LogP contribution in [0, 0.1) is 0 Å². The van der Waals surface area contributed by atoms with Crippen molar-refractivity contribution in [1.29, 1.82) is 0 Å². The Hall–Kier alpha value is -4.55. The van der Waals surface area contributed by atoms with Crippen LogP contribution in [-0.4, -0.2) is 64.3 Å². The molecule has 0 radical (unpaired) electrons. The highest BCUT2D eigenvalue weighted by molar-refractivity contribution is 6.39. The number of hydrogen-bond acceptors (Lipinski definition) is 8. The van der Waals surface area contributed by atoms with E-state index in [4.69, 9.17) is 32.9 Å². The zero-order valence-electron chi connectivity index (χ0n) is 26.9. The van der Waals surface area contributed by atoms with Crippen molar-refractivity contribution in [3.05, 3.63) is 82.1 Å². The lowest BCUT2D eigenvalue weighted by molar-refractivity contribution is -0.120. The molecule has 5 aromatic rings. The minimum atomic E-state index is 0.0990. The number of pyridine rings is 2. The third kappa shape index (κ3) is 7.11. The third-order valence-electron chi connectivity index (χ3n) is 9.06. The molecule has 0 unspecified atom stereocenters. The summed E-state index contributed by atoms with van der Waals surface area (Å²) in [6, 6.07) is 17.9. The number of methoxy groups -OCH3 is 1. The zero-order valence-corrected chi connectivity index (χ0v) is 28.4. The van der Waals surface area contributed by atoms with E-state index in [1.807, 2.05) is 54.6 Å². The van der Waals surface area contributed by atoms with Crippen LogP contribution >= 0.6 is 23.2 Å². The fourth-order valence-electron chi connectivity index (χ4n) is 6.48. The average Bonchev–Trinajstić information content (AvgIpc) is 3.84. The fourth-order valence-corrected chi connectivity index (χ4v) is 7.14. The summed E-state index contributed by atoms with van der Waals surface area (Å²) < 4.78 is 5.65. The number of hydrogen-bond donors (Lipinski definition) is 5. The number of amides is 2. The van der Waals surface area contributed by atoms with E-state index < -0.39 is 0 Å². The Bertz CT molecular complexity index is 2030. The van der Waals surface area contributed by atoms with Crippen molar-refractivity contribution in [1.82, 2.24) is 41.4 Å². The summed E-state index contributed by atoms with van der Waals surface area (Å²) in [5, 5.41) is 22.2. The number of rotatable bonds is 12. The number of benzene rings is 2. The minimum absolute atomic E-state index is 0.0990. The second-order valence-electron chi connectivity index (χ2n) is 12.4. The molecular formula is C36H36Cl2N8O3. The Morgan fingerprint density at radius 1 is 0.837 bits per heavy atom. The van der Waals surface area contributed by atoms with Gasteiger partial charge in [-0.15, -0.1) is 0 Å². The van der Waals surface area contributed by atoms with Crippen LogP contribution in [0.2, 0.25) is 10.0 Å². The molecule has 5 heterocycles. The van der Waals surface area contributed by atoms with Gasteiger partial charge in [0.2, 0.25) is 17.7 Å². The van der Waals surface area contributed by atoms with Crippen molar-refractivity contribution in [2.24, 2.45) is 0 Å². The van der Waals surface area contributed by atoms with Crippen molar-refractivity contribution in [3.8, 4) is 39.4 Å². The number of carbonyl (C=O) groups excluding carboxylic acids is 2. The zero-order chi connectivity index (χ0) is 33.9. The molecule has 7 rings (SSSR count). The van der Waals surface area contributed by atoms with Crippen molar-refractivity contribution < 1.29 is 14.3 Å². The molecule has 5 N–H and O–H groups in total. The predicted molar refractivity (Wildman–Crippen MR) is 190 cm³/mol. The molecule has 2 fully saturated rings. The van der Waals surface area contributed by atoms with Gasteiger partial charge in [0, 0.05) is 96.1 Å². The van der Waals surface area contributed by atoms with E-state index in [1.165, 1.54) is 0 Å². The number of fused-ring (bicyclic) bond motifs is 1. The van der Waals surface area contributed by atoms with E-state index in [-0.39, 0.29) is 23.9 Å². The normalized spacial score (nSPS) is 17.4. The van der Waals surface area contributed by atoms with E-state index >= 15 is 0 Å². The maximum Gasteiger partial charge on any atom is 0.220 e. The second kappa shape index (κ2) is 14.5. The summed E-state index contributed by atoms with van der Waals surface area (Å²) >= 11 is 14.2. The van der Waals surface area contributed by atoms with Crippen molar-refractivity contribution in [2.75, 3.05) is 20.2 Å². The maximum atomic E-state index is 11.5. The van der Waals surface area contributed by atoms with Gasteiger partial charge in [0.15, 0.2) is 5.65 Å². The van der Waals surface area contributed by atoms with Gasteiger partial charge in [-0.05, 0) is 25.0 Å². The summed E-state index contributed by atoms with van der Waals surface area (Å²) in [7, 11) is 1.60. The summed E-state index contributed by atoms with van der Waals surface area (Å²) in [5.74, 6) is 0.703. The molecule has 3 aromatic heterocycles. The summed E-state index contributed by atoms with van der Waals surface area (Å²) in [6.45, 7) is 2.47. The van der Waals surface area contributed by atoms with Gasteiger partial charge in [-0.1, -0.05) is 65.7 Å². The van der Waals surface area contributed by atoms with E-state index in [0.29, 0.717) is 66.3 Å². The van der Waals surface area contributed by atoms with Crippen LogP contribution in [0.3, 0.4) is 0 Å². The Kier molecular flexibility index (Phi) is 9.77. The Labute approximate surface area is 293 Å². The Balaban J connectivity index is 1.11. The molecule has 0 bridgehead atoms. The SMILES string of the molecule is COc1nc(-c2cccc(-c3cccc(-c4cnc5n[nH]c(CNC[C@H]6CCC(=O)N6)c5c4)c3Cl)c2Cl)ccc1CNC[C@@H]1CCC(=O)N1. The summed E-state index contributed by atoms with van der Waals surface area (Å²) in [6.07, 6.45) is 4.59. The lowest BCUT2D eigenvalue weighted by Gasteiger charge is -2.15. The van der Waals surface area contributed by atoms with Gasteiger partial charge in [0.05, 0.1) is 28.5 Å². The molecule has 49 heavy (non-hydrogen) atoms. The fraction of sp³-hybridized carbons (Fsp3) is 0.306. The standard InChI is InChI=1S/C36H36Cl2N8O3/c1-49-36-20(15-39-17-22-9-12-31(47)42-22)8-11-29(44-36)27-7-3-6-26(34(27)38)25-5-2-4-24(33(25)37)21-14-28-30(45-46-35(28)41-16-21)19-40-18-23-10-13-32(48)43-23/h2-8,11,14,16,22-23,39-40H,9-10,12-13,15,17-19H2,1H3,(H,42,47)(H,43,48)(H,41,45,46)/t22-,23+/m0/s1. The van der Waals surface area contributed by atoms with E-state index in [9.17, 15) is 9.59 Å². The smallest absolute Gasteiger partial charge is 0.220 e. The lowest BCUT2D eigenvalue weighted by atomic mass is 9.97. The van der Waals surface area contributed by atoms with Crippen LogP contribution in [0.4, 0.5) is 0 Å². The maximum absolute atomic E-state index is 11.5. The molecule has 2 aromatic carbocycles. The predicted octanol–water partition coefficient (Wildman–Crippen LogP) is 5.41. The van der Waals surface area contributed by atoms with Gasteiger partial charge in [-0.25, -0.2) is 9.97 Å². The van der Waals surface area contributed by atoms with Crippen LogP contribution in [0.15, 0.2) is 60.8 Å². The number of nitrogens with one attached hydrogen (secondary N) is 5. The van der Waals surface area contributed by atoms with Crippen LogP contribution in [0.1, 0.15) is 36.9 Å². The first-order valence-corrected chi connectivity index (χ1v) is 17.1. The largest absolute Gasteiger partial charge is 0.481 e. The number of aromatic amines is 1. The van der Waals surface area contributed by atoms with Gasteiger partial charge in [0.1, 0.15) is 0 Å². The summed E-state index contributed by atoms with van der Waals surface area (Å²) in [4.78, 5) is 32.4. The molecule has 252 valence electrons. The highest BCUT2D eigenvalue weighted by Gasteiger charge is 2.22. The van der Waals surface area contributed by atoms with E-state index in [0.717, 1.165) is 57.3 Å². The molecule has 2 amide bonds.